The number of nitrogens with two attached hydrogens (primary N) is 1. The highest BCUT2D eigenvalue weighted by Crippen LogP contribution is 2.15. The second-order valence-electron chi connectivity index (χ2n) is 12.4. The summed E-state index contributed by atoms with van der Waals surface area (Å²) in [7, 11) is 0. The quantitative estimate of drug-likeness (QED) is 0.0296. The molecule has 56 heavy (non-hydrogen) atoms. The van der Waals surface area contributed by atoms with Gasteiger partial charge in [-0.2, -0.15) is 0 Å². The van der Waals surface area contributed by atoms with Crippen molar-refractivity contribution in [1.29, 1.82) is 0 Å². The van der Waals surface area contributed by atoms with Gasteiger partial charge < -0.3 is 57.9 Å². The molecule has 1 unspecified atom stereocenters. The molecule has 0 aliphatic rings. The normalized spacial score (nSPS) is 12.9. The predicted molar refractivity (Wildman–Crippen MR) is 190 cm³/mol. The lowest BCUT2D eigenvalue weighted by atomic mass is 10.0. The SMILES string of the molecule is NC(=O)[C@H](CCC(O)O)NC(=O)C(Cc1ccc([N+](=O)[O-])cc1)NC(=O)[C@H](Cc1ccc(O)cc1)NC(=O)CNC(=O)[C@H](CCC(=O)O)NC(=O)CCC(=O)O. The number of aromatic hydroxyl groups is 1. The Morgan fingerprint density at radius 2 is 1.12 bits per heavy atom. The summed E-state index contributed by atoms with van der Waals surface area (Å²) >= 11 is 0. The van der Waals surface area contributed by atoms with E-state index in [0.29, 0.717) is 11.1 Å². The third-order valence-electron chi connectivity index (χ3n) is 7.91. The molecule has 0 aliphatic carbocycles. The number of phenols is 1. The maximum absolute atomic E-state index is 13.8. The minimum absolute atomic E-state index is 0.119. The van der Waals surface area contributed by atoms with Crippen molar-refractivity contribution in [2.45, 2.75) is 81.8 Å². The topological polar surface area (TPSA) is 367 Å². The zero-order chi connectivity index (χ0) is 41.9. The first-order chi connectivity index (χ1) is 26.3. The van der Waals surface area contributed by atoms with Gasteiger partial charge in [-0.1, -0.05) is 24.3 Å². The van der Waals surface area contributed by atoms with Crippen LogP contribution in [-0.2, 0) is 51.2 Å². The number of carboxylic acids is 2. The fourth-order valence-electron chi connectivity index (χ4n) is 4.98. The highest BCUT2D eigenvalue weighted by molar-refractivity contribution is 5.95. The molecule has 2 aromatic carbocycles. The Morgan fingerprint density at radius 3 is 1.62 bits per heavy atom. The van der Waals surface area contributed by atoms with Gasteiger partial charge in [0.25, 0.3) is 5.69 Å². The number of carbonyl (C=O) groups is 8. The van der Waals surface area contributed by atoms with Gasteiger partial charge in [0.2, 0.25) is 35.4 Å². The van der Waals surface area contributed by atoms with E-state index >= 15 is 0 Å². The van der Waals surface area contributed by atoms with Crippen LogP contribution in [0.1, 0.15) is 49.7 Å². The largest absolute Gasteiger partial charge is 0.508 e. The summed E-state index contributed by atoms with van der Waals surface area (Å²) < 4.78 is 0. The fraction of sp³-hybridized carbons (Fsp3) is 0.412. The number of aliphatic carboxylic acids is 2. The van der Waals surface area contributed by atoms with Gasteiger partial charge in [0, 0.05) is 44.2 Å². The van der Waals surface area contributed by atoms with E-state index in [0.717, 1.165) is 12.1 Å². The zero-order valence-corrected chi connectivity index (χ0v) is 29.7. The third kappa shape index (κ3) is 17.0. The van der Waals surface area contributed by atoms with E-state index in [1.54, 1.807) is 0 Å². The summed E-state index contributed by atoms with van der Waals surface area (Å²) in [4.78, 5) is 110. The molecule has 12 N–H and O–H groups in total. The molecule has 0 radical (unpaired) electrons. The number of hydrogen-bond acceptors (Lipinski definition) is 13. The molecule has 0 saturated heterocycles. The number of phenolic OH excluding ortho intramolecular Hbond substituents is 1. The number of carbonyl (C=O) groups excluding carboxylic acids is 6. The highest BCUT2D eigenvalue weighted by Gasteiger charge is 2.30. The molecular formula is C34H43N7O15. The minimum atomic E-state index is -1.84. The average molecular weight is 790 g/mol. The van der Waals surface area contributed by atoms with Crippen LogP contribution in [0.4, 0.5) is 5.69 Å². The fourth-order valence-corrected chi connectivity index (χ4v) is 4.98. The van der Waals surface area contributed by atoms with Crippen molar-refractivity contribution in [2.75, 3.05) is 6.54 Å². The van der Waals surface area contributed by atoms with Gasteiger partial charge in [0.15, 0.2) is 6.29 Å². The first-order valence-corrected chi connectivity index (χ1v) is 16.9. The number of rotatable bonds is 24. The minimum Gasteiger partial charge on any atom is -0.508 e. The Kier molecular flexibility index (Phi) is 18.3. The molecule has 22 heteroatoms. The van der Waals surface area contributed by atoms with Gasteiger partial charge in [-0.05, 0) is 36.1 Å². The molecule has 6 amide bonds. The van der Waals surface area contributed by atoms with E-state index < -0.39 is 115 Å². The Bertz CT molecular complexity index is 1740. The van der Waals surface area contributed by atoms with Crippen LogP contribution in [0.2, 0.25) is 0 Å². The van der Waals surface area contributed by atoms with Gasteiger partial charge in [-0.25, -0.2) is 0 Å². The van der Waals surface area contributed by atoms with Crippen molar-refractivity contribution in [3.63, 3.8) is 0 Å². The molecule has 0 spiro atoms. The number of nitrogens with zero attached hydrogens (tertiary/aromatic N) is 1. The van der Waals surface area contributed by atoms with Crippen molar-refractivity contribution in [2.24, 2.45) is 5.73 Å². The number of carboxylic acid groups (broad SMARTS) is 2. The van der Waals surface area contributed by atoms with E-state index in [2.05, 4.69) is 26.6 Å². The van der Waals surface area contributed by atoms with Crippen LogP contribution in [0, 0.1) is 10.1 Å². The summed E-state index contributed by atoms with van der Waals surface area (Å²) in [5.41, 5.74) is 5.83. The second kappa shape index (κ2) is 22.5. The van der Waals surface area contributed by atoms with E-state index in [-0.39, 0.29) is 37.1 Å². The Morgan fingerprint density at radius 1 is 0.625 bits per heavy atom. The maximum atomic E-state index is 13.8. The molecule has 2 aromatic rings. The van der Waals surface area contributed by atoms with E-state index in [9.17, 15) is 63.8 Å². The van der Waals surface area contributed by atoms with Crippen LogP contribution in [0.5, 0.6) is 5.75 Å². The molecule has 0 aliphatic heterocycles. The molecular weight excluding hydrogens is 746 g/mol. The molecule has 0 saturated carbocycles. The highest BCUT2D eigenvalue weighted by atomic mass is 16.6. The van der Waals surface area contributed by atoms with E-state index in [1.807, 2.05) is 0 Å². The summed E-state index contributed by atoms with van der Waals surface area (Å²) in [6, 6.07) is 4.47. The lowest BCUT2D eigenvalue weighted by Gasteiger charge is -2.25. The number of primary amides is 1. The Balaban J connectivity index is 2.33. The Hall–Kier alpha value is -6.68. The predicted octanol–water partition coefficient (Wildman–Crippen LogP) is -2.55. The van der Waals surface area contributed by atoms with Gasteiger partial charge in [0.05, 0.1) is 17.9 Å². The number of non-ortho nitro benzene ring substituents is 1. The van der Waals surface area contributed by atoms with Gasteiger partial charge in [0.1, 0.15) is 29.9 Å². The molecule has 0 aromatic heterocycles. The Labute approximate surface area is 318 Å². The number of hydrogen-bond donors (Lipinski definition) is 11. The van der Waals surface area contributed by atoms with Crippen molar-refractivity contribution in [1.82, 2.24) is 26.6 Å². The smallest absolute Gasteiger partial charge is 0.303 e. The number of amides is 6. The second-order valence-corrected chi connectivity index (χ2v) is 12.4. The lowest BCUT2D eigenvalue weighted by molar-refractivity contribution is -0.384. The van der Waals surface area contributed by atoms with E-state index in [1.165, 1.54) is 36.4 Å². The molecule has 0 bridgehead atoms. The van der Waals surface area contributed by atoms with Crippen LogP contribution in [0.15, 0.2) is 48.5 Å². The lowest BCUT2D eigenvalue weighted by Crippen LogP contribution is -2.58. The van der Waals surface area contributed by atoms with E-state index in [4.69, 9.17) is 15.9 Å². The molecule has 4 atom stereocenters. The van der Waals surface area contributed by atoms with Crippen LogP contribution < -0.4 is 32.3 Å². The number of nitro benzene ring substituents is 1. The van der Waals surface area contributed by atoms with Crippen molar-refractivity contribution < 1.29 is 68.8 Å². The standard InChI is InChI=1S/C34H43N7O15/c35-31(51)22(9-12-28(45)46)39-34(54)25(16-18-1-5-20(6-2-18)41(55)56)40-33(53)24(15-19-3-7-21(42)8-4-19)38-27(44)17-36-32(52)23(10-13-29(47)48)37-26(43)11-14-30(49)50/h1-8,22-25,28,42,45-46H,9-17H2,(H2,35,51)(H,36,52)(H,37,43)(H,38,44)(H,39,54)(H,40,53)(H,47,48)(H,49,50)/t22-,23-,24-,25?/m0/s1. The van der Waals surface area contributed by atoms with Crippen molar-refractivity contribution in [3.05, 3.63) is 69.8 Å². The van der Waals surface area contributed by atoms with Gasteiger partial charge in [-0.3, -0.25) is 48.5 Å². The number of aliphatic hydroxyl groups is 2. The summed E-state index contributed by atoms with van der Waals surface area (Å²) in [6.07, 6.45) is -5.13. The van der Waals surface area contributed by atoms with Crippen LogP contribution in [-0.4, -0.2) is 115 Å². The molecule has 304 valence electrons. The molecule has 0 fully saturated rings. The van der Waals surface area contributed by atoms with Crippen LogP contribution in [0.3, 0.4) is 0 Å². The maximum Gasteiger partial charge on any atom is 0.303 e. The molecule has 2 rings (SSSR count). The summed E-state index contributed by atoms with van der Waals surface area (Å²) in [5, 5.41) is 68.9. The van der Waals surface area contributed by atoms with Crippen molar-refractivity contribution >= 4 is 53.1 Å². The first kappa shape index (κ1) is 45.5. The summed E-state index contributed by atoms with van der Waals surface area (Å²) in [6.45, 7) is -0.809. The van der Waals surface area contributed by atoms with Gasteiger partial charge in [-0.15, -0.1) is 0 Å². The zero-order valence-electron chi connectivity index (χ0n) is 29.7. The first-order valence-electron chi connectivity index (χ1n) is 16.9. The van der Waals surface area contributed by atoms with Gasteiger partial charge >= 0.3 is 11.9 Å². The van der Waals surface area contributed by atoms with Crippen LogP contribution >= 0.6 is 0 Å². The number of benzene rings is 2. The van der Waals surface area contributed by atoms with Crippen molar-refractivity contribution in [3.8, 4) is 5.75 Å². The number of nitro groups is 1. The number of aliphatic hydroxyl groups excluding tert-OH is 1. The monoisotopic (exact) mass is 789 g/mol. The molecule has 22 nitrogen and oxygen atoms in total. The summed E-state index contributed by atoms with van der Waals surface area (Å²) in [5.74, 6) is -8.55. The third-order valence-corrected chi connectivity index (χ3v) is 7.91. The average Bonchev–Trinajstić information content (AvgIpc) is 3.13. The molecule has 0 heterocycles. The van der Waals surface area contributed by atoms with Crippen LogP contribution in [0.25, 0.3) is 0 Å². The number of nitrogens with one attached hydrogen (secondary N) is 5.